The van der Waals surface area contributed by atoms with Gasteiger partial charge >= 0.3 is 0 Å². The first kappa shape index (κ1) is 32.9. The molecule has 3 N–H and O–H groups in total. The molecule has 3 aliphatic rings. The van der Waals surface area contributed by atoms with Crippen LogP contribution < -0.4 is 10.1 Å². The zero-order valence-electron chi connectivity index (χ0n) is 25.1. The van der Waals surface area contributed by atoms with Gasteiger partial charge in [0, 0.05) is 31.8 Å². The van der Waals surface area contributed by atoms with Gasteiger partial charge in [-0.25, -0.2) is 0 Å². The molecule has 0 saturated carbocycles. The molecule has 2 saturated heterocycles. The van der Waals surface area contributed by atoms with E-state index in [0.29, 0.717) is 50.6 Å². The van der Waals surface area contributed by atoms with Crippen LogP contribution in [0.1, 0.15) is 57.1 Å². The standard InChI is InChI=1S/C32H44N2O9/c1-32(20-43-32)30(39)23(15-21-5-3-4-6-21)17-27(37)28(29(38)22-7-9-26(41-2)10-8-22)33-31(40)24(19-35)16-25(36)18-34-11-13-42-14-12-34/h5,7-10,23-24,28-29,35,38H,3-4,6,11-20H2,1-2H3,(H,33,40)/t23-,24+,28-,29-,32-/m1/s1. The minimum absolute atomic E-state index is 0.129. The van der Waals surface area contributed by atoms with Crippen molar-refractivity contribution in [3.63, 3.8) is 0 Å². The second-order valence-corrected chi connectivity index (χ2v) is 11.9. The number of hydrogen-bond donors (Lipinski definition) is 3. The molecule has 11 nitrogen and oxygen atoms in total. The van der Waals surface area contributed by atoms with Gasteiger partial charge in [0.2, 0.25) is 5.91 Å². The minimum Gasteiger partial charge on any atom is -0.497 e. The third-order valence-corrected chi connectivity index (χ3v) is 8.55. The first-order valence-electron chi connectivity index (χ1n) is 15.1. The van der Waals surface area contributed by atoms with E-state index in [9.17, 15) is 29.4 Å². The maximum Gasteiger partial charge on any atom is 0.226 e. The van der Waals surface area contributed by atoms with Crippen molar-refractivity contribution in [1.82, 2.24) is 10.2 Å². The zero-order valence-corrected chi connectivity index (χ0v) is 25.1. The van der Waals surface area contributed by atoms with Crippen LogP contribution in [-0.4, -0.2) is 103 Å². The summed E-state index contributed by atoms with van der Waals surface area (Å²) >= 11 is 0. The summed E-state index contributed by atoms with van der Waals surface area (Å²) in [5, 5.41) is 24.0. The van der Waals surface area contributed by atoms with E-state index in [1.54, 1.807) is 31.2 Å². The number of rotatable bonds is 17. The molecular formula is C32H44N2O9. The molecule has 11 heteroatoms. The van der Waals surface area contributed by atoms with Crippen molar-refractivity contribution in [3.05, 3.63) is 41.5 Å². The number of aliphatic hydroxyl groups excluding tert-OH is 2. The van der Waals surface area contributed by atoms with E-state index < -0.39 is 47.9 Å². The van der Waals surface area contributed by atoms with E-state index in [0.717, 1.165) is 24.8 Å². The molecule has 0 unspecified atom stereocenters. The molecule has 236 valence electrons. The molecule has 2 fully saturated rings. The van der Waals surface area contributed by atoms with Crippen LogP contribution in [0.4, 0.5) is 0 Å². The number of nitrogens with one attached hydrogen (secondary N) is 1. The lowest BCUT2D eigenvalue weighted by atomic mass is 9.82. The smallest absolute Gasteiger partial charge is 0.226 e. The normalized spacial score (nSPS) is 23.0. The SMILES string of the molecule is COc1ccc([C@@H](O)[C@H](NC(=O)[C@H](CO)CC(=O)CN2CCOCC2)C(=O)C[C@@H](CC2=CCCC2)C(=O)[C@@]2(C)CO2)cc1. The highest BCUT2D eigenvalue weighted by Crippen LogP contribution is 2.36. The lowest BCUT2D eigenvalue weighted by Crippen LogP contribution is -2.49. The molecule has 0 aromatic heterocycles. The summed E-state index contributed by atoms with van der Waals surface area (Å²) in [4.78, 5) is 55.3. The number of ether oxygens (including phenoxy) is 3. The third kappa shape index (κ3) is 9.02. The quantitative estimate of drug-likeness (QED) is 0.177. The van der Waals surface area contributed by atoms with E-state index in [4.69, 9.17) is 14.2 Å². The monoisotopic (exact) mass is 600 g/mol. The number of hydrogen-bond acceptors (Lipinski definition) is 10. The number of epoxide rings is 1. The third-order valence-electron chi connectivity index (χ3n) is 8.55. The van der Waals surface area contributed by atoms with Crippen LogP contribution in [0.3, 0.4) is 0 Å². The fourth-order valence-corrected chi connectivity index (χ4v) is 5.74. The maximum atomic E-state index is 13.9. The summed E-state index contributed by atoms with van der Waals surface area (Å²) in [6.07, 6.45) is 3.45. The molecule has 5 atom stereocenters. The number of Topliss-reactive ketones (excluding diaryl/α,β-unsaturated/α-hetero) is 3. The van der Waals surface area contributed by atoms with Crippen LogP contribution in [0.5, 0.6) is 5.75 Å². The van der Waals surface area contributed by atoms with Crippen molar-refractivity contribution < 1.29 is 43.6 Å². The number of benzene rings is 1. The molecule has 1 aliphatic carbocycles. The molecule has 1 aromatic rings. The second-order valence-electron chi connectivity index (χ2n) is 11.9. The van der Waals surface area contributed by atoms with Crippen LogP contribution >= 0.6 is 0 Å². The number of amides is 1. The van der Waals surface area contributed by atoms with E-state index in [1.807, 2.05) is 4.90 Å². The topological polar surface area (TPSA) is 155 Å². The predicted octanol–water partition coefficient (Wildman–Crippen LogP) is 1.55. The van der Waals surface area contributed by atoms with Crippen LogP contribution in [0, 0.1) is 11.8 Å². The van der Waals surface area contributed by atoms with Crippen LogP contribution in [0.2, 0.25) is 0 Å². The summed E-state index contributed by atoms with van der Waals surface area (Å²) in [7, 11) is 1.51. The average Bonchev–Trinajstić information content (AvgIpc) is 3.56. The highest BCUT2D eigenvalue weighted by Gasteiger charge is 2.50. The maximum absolute atomic E-state index is 13.9. The van der Waals surface area contributed by atoms with Gasteiger partial charge in [-0.2, -0.15) is 0 Å². The largest absolute Gasteiger partial charge is 0.497 e. The molecular weight excluding hydrogens is 556 g/mol. The summed E-state index contributed by atoms with van der Waals surface area (Å²) < 4.78 is 15.9. The zero-order chi connectivity index (χ0) is 31.0. The summed E-state index contributed by atoms with van der Waals surface area (Å²) in [6.45, 7) is 3.78. The number of methoxy groups -OCH3 is 1. The van der Waals surface area contributed by atoms with Crippen molar-refractivity contribution >= 4 is 23.3 Å². The Morgan fingerprint density at radius 1 is 1.09 bits per heavy atom. The van der Waals surface area contributed by atoms with Gasteiger partial charge in [-0.1, -0.05) is 23.8 Å². The number of carbonyl (C=O) groups excluding carboxylic acids is 4. The van der Waals surface area contributed by atoms with Crippen LogP contribution in [0.25, 0.3) is 0 Å². The number of nitrogens with zero attached hydrogens (tertiary/aromatic N) is 1. The number of morpholine rings is 1. The molecule has 0 radical (unpaired) electrons. The van der Waals surface area contributed by atoms with E-state index in [-0.39, 0.29) is 31.0 Å². The Morgan fingerprint density at radius 3 is 2.37 bits per heavy atom. The molecule has 2 heterocycles. The van der Waals surface area contributed by atoms with E-state index >= 15 is 0 Å². The molecule has 2 aliphatic heterocycles. The van der Waals surface area contributed by atoms with Gasteiger partial charge in [-0.3, -0.25) is 24.1 Å². The van der Waals surface area contributed by atoms with Gasteiger partial charge in [-0.15, -0.1) is 0 Å². The molecule has 1 aromatic carbocycles. The number of allylic oxidation sites excluding steroid dienone is 2. The number of ketones is 3. The molecule has 43 heavy (non-hydrogen) atoms. The summed E-state index contributed by atoms with van der Waals surface area (Å²) in [5.74, 6) is -2.85. The van der Waals surface area contributed by atoms with Gasteiger partial charge in [0.1, 0.15) is 29.3 Å². The summed E-state index contributed by atoms with van der Waals surface area (Å²) in [5.41, 5.74) is 0.549. The van der Waals surface area contributed by atoms with Gasteiger partial charge in [0.15, 0.2) is 11.6 Å². The Hall–Kier alpha value is -2.96. The van der Waals surface area contributed by atoms with E-state index in [1.165, 1.54) is 7.11 Å². The number of aliphatic hydroxyl groups is 2. The minimum atomic E-state index is -1.44. The Balaban J connectivity index is 1.51. The lowest BCUT2D eigenvalue weighted by Gasteiger charge is -2.28. The first-order chi connectivity index (χ1) is 20.6. The van der Waals surface area contributed by atoms with Crippen molar-refractivity contribution in [1.29, 1.82) is 0 Å². The van der Waals surface area contributed by atoms with Crippen molar-refractivity contribution in [2.75, 3.05) is 53.2 Å². The highest BCUT2D eigenvalue weighted by atomic mass is 16.6. The van der Waals surface area contributed by atoms with Crippen LogP contribution in [-0.2, 0) is 28.7 Å². The van der Waals surface area contributed by atoms with Gasteiger partial charge < -0.3 is 29.7 Å². The Labute approximate surface area is 252 Å². The Morgan fingerprint density at radius 2 is 1.79 bits per heavy atom. The Bertz CT molecular complexity index is 1170. The van der Waals surface area contributed by atoms with Crippen molar-refractivity contribution in [3.8, 4) is 5.75 Å². The van der Waals surface area contributed by atoms with Gasteiger partial charge in [0.05, 0.1) is 46.0 Å². The lowest BCUT2D eigenvalue weighted by molar-refractivity contribution is -0.137. The first-order valence-corrected chi connectivity index (χ1v) is 15.1. The van der Waals surface area contributed by atoms with Crippen molar-refractivity contribution in [2.24, 2.45) is 11.8 Å². The Kier molecular flexibility index (Phi) is 11.6. The van der Waals surface area contributed by atoms with Gasteiger partial charge in [0.25, 0.3) is 0 Å². The van der Waals surface area contributed by atoms with Gasteiger partial charge in [-0.05, 0) is 50.3 Å². The molecule has 0 bridgehead atoms. The molecule has 0 spiro atoms. The number of carbonyl (C=O) groups is 4. The molecule has 1 amide bonds. The fraction of sp³-hybridized carbons (Fsp3) is 0.625. The predicted molar refractivity (Wildman–Crippen MR) is 156 cm³/mol. The second kappa shape index (κ2) is 15.2. The van der Waals surface area contributed by atoms with E-state index in [2.05, 4.69) is 11.4 Å². The highest BCUT2D eigenvalue weighted by molar-refractivity contribution is 5.98. The fourth-order valence-electron chi connectivity index (χ4n) is 5.74. The summed E-state index contributed by atoms with van der Waals surface area (Å²) in [6, 6.07) is 5.04. The molecule has 4 rings (SSSR count). The van der Waals surface area contributed by atoms with Crippen LogP contribution in [0.15, 0.2) is 35.9 Å². The van der Waals surface area contributed by atoms with Crippen molar-refractivity contribution in [2.45, 2.75) is 63.2 Å². The average molecular weight is 601 g/mol.